The van der Waals surface area contributed by atoms with Crippen LogP contribution in [0.3, 0.4) is 0 Å². The van der Waals surface area contributed by atoms with Gasteiger partial charge >= 0.3 is 5.97 Å². The molecule has 0 aromatic heterocycles. The molecular formula is C14H18N2O4. The van der Waals surface area contributed by atoms with Gasteiger partial charge in [0.2, 0.25) is 5.91 Å². The van der Waals surface area contributed by atoms with Gasteiger partial charge in [0, 0.05) is 31.8 Å². The van der Waals surface area contributed by atoms with Crippen molar-refractivity contribution in [1.82, 2.24) is 4.90 Å². The lowest BCUT2D eigenvalue weighted by molar-refractivity contribution is -0.141. The van der Waals surface area contributed by atoms with Crippen LogP contribution in [-0.2, 0) is 9.59 Å². The van der Waals surface area contributed by atoms with Crippen molar-refractivity contribution >= 4 is 23.5 Å². The van der Waals surface area contributed by atoms with Gasteiger partial charge in [-0.2, -0.15) is 0 Å². The Kier molecular flexibility index (Phi) is 5.25. The van der Waals surface area contributed by atoms with Crippen LogP contribution in [0.5, 0.6) is 0 Å². The molecule has 0 aliphatic carbocycles. The zero-order chi connectivity index (χ0) is 15.3. The minimum Gasteiger partial charge on any atom is -0.481 e. The highest BCUT2D eigenvalue weighted by molar-refractivity contribution is 5.96. The molecule has 0 saturated carbocycles. The molecule has 1 unspecified atom stereocenters. The maximum absolute atomic E-state index is 12.2. The third-order valence-corrected chi connectivity index (χ3v) is 2.75. The van der Waals surface area contributed by atoms with Crippen molar-refractivity contribution in [3.8, 4) is 0 Å². The number of carboxylic acid groups (broad SMARTS) is 1. The van der Waals surface area contributed by atoms with Crippen LogP contribution in [0.15, 0.2) is 24.3 Å². The molecule has 0 spiro atoms. The highest BCUT2D eigenvalue weighted by Gasteiger charge is 2.18. The molecule has 0 saturated heterocycles. The van der Waals surface area contributed by atoms with E-state index < -0.39 is 11.9 Å². The Morgan fingerprint density at radius 1 is 1.35 bits per heavy atom. The van der Waals surface area contributed by atoms with E-state index in [1.165, 1.54) is 11.8 Å². The molecule has 1 aromatic rings. The Hall–Kier alpha value is -2.37. The average Bonchev–Trinajstić information content (AvgIpc) is 2.37. The summed E-state index contributed by atoms with van der Waals surface area (Å²) in [5, 5.41) is 11.4. The highest BCUT2D eigenvalue weighted by atomic mass is 16.4. The number of amides is 2. The molecule has 1 atom stereocenters. The van der Waals surface area contributed by atoms with Gasteiger partial charge in [0.25, 0.3) is 5.91 Å². The monoisotopic (exact) mass is 278 g/mol. The molecule has 0 fully saturated rings. The highest BCUT2D eigenvalue weighted by Crippen LogP contribution is 2.13. The summed E-state index contributed by atoms with van der Waals surface area (Å²) in [5.74, 6) is -2.09. The smallest absolute Gasteiger partial charge is 0.308 e. The van der Waals surface area contributed by atoms with E-state index in [4.69, 9.17) is 5.11 Å². The summed E-state index contributed by atoms with van der Waals surface area (Å²) in [7, 11) is 1.55. The topological polar surface area (TPSA) is 86.7 Å². The number of benzene rings is 1. The second kappa shape index (κ2) is 6.70. The zero-order valence-corrected chi connectivity index (χ0v) is 11.7. The number of anilines is 1. The molecule has 108 valence electrons. The third-order valence-electron chi connectivity index (χ3n) is 2.75. The van der Waals surface area contributed by atoms with E-state index in [9.17, 15) is 14.4 Å². The molecule has 0 aliphatic rings. The minimum atomic E-state index is -0.948. The van der Waals surface area contributed by atoms with E-state index in [0.29, 0.717) is 11.3 Å². The number of carboxylic acids is 1. The average molecular weight is 278 g/mol. The van der Waals surface area contributed by atoms with Gasteiger partial charge in [-0.3, -0.25) is 14.4 Å². The van der Waals surface area contributed by atoms with Gasteiger partial charge in [0.05, 0.1) is 5.92 Å². The van der Waals surface area contributed by atoms with Crippen LogP contribution in [-0.4, -0.2) is 41.4 Å². The largest absolute Gasteiger partial charge is 0.481 e. The van der Waals surface area contributed by atoms with Crippen molar-refractivity contribution in [2.75, 3.05) is 18.9 Å². The number of nitrogens with zero attached hydrogens (tertiary/aromatic N) is 1. The van der Waals surface area contributed by atoms with Crippen molar-refractivity contribution in [2.24, 2.45) is 5.92 Å². The van der Waals surface area contributed by atoms with Gasteiger partial charge in [0.1, 0.15) is 0 Å². The Labute approximate surface area is 117 Å². The fraction of sp³-hybridized carbons (Fsp3) is 0.357. The first kappa shape index (κ1) is 15.7. The number of carbonyl (C=O) groups excluding carboxylic acids is 2. The van der Waals surface area contributed by atoms with Crippen LogP contribution in [0.4, 0.5) is 5.69 Å². The number of hydrogen-bond acceptors (Lipinski definition) is 3. The SMILES string of the molecule is CC(=O)Nc1cccc(C(=O)N(C)CC(C)C(=O)O)c1. The molecular weight excluding hydrogens is 260 g/mol. The van der Waals surface area contributed by atoms with Crippen molar-refractivity contribution in [2.45, 2.75) is 13.8 Å². The van der Waals surface area contributed by atoms with Crippen LogP contribution >= 0.6 is 0 Å². The molecule has 1 aromatic carbocycles. The molecule has 20 heavy (non-hydrogen) atoms. The Balaban J connectivity index is 2.81. The maximum atomic E-state index is 12.2. The summed E-state index contributed by atoms with van der Waals surface area (Å²) in [6.07, 6.45) is 0. The Morgan fingerprint density at radius 3 is 2.55 bits per heavy atom. The summed E-state index contributed by atoms with van der Waals surface area (Å²) >= 11 is 0. The molecule has 2 amide bonds. The van der Waals surface area contributed by atoms with Crippen molar-refractivity contribution in [1.29, 1.82) is 0 Å². The van der Waals surface area contributed by atoms with Gasteiger partial charge in [-0.1, -0.05) is 13.0 Å². The van der Waals surface area contributed by atoms with Crippen LogP contribution in [0.1, 0.15) is 24.2 Å². The Bertz CT molecular complexity index is 528. The van der Waals surface area contributed by atoms with Crippen molar-refractivity contribution < 1.29 is 19.5 Å². The van der Waals surface area contributed by atoms with Crippen LogP contribution in [0, 0.1) is 5.92 Å². The normalized spacial score (nSPS) is 11.6. The number of hydrogen-bond donors (Lipinski definition) is 2. The number of aliphatic carboxylic acids is 1. The van der Waals surface area contributed by atoms with E-state index in [2.05, 4.69) is 5.32 Å². The third kappa shape index (κ3) is 4.38. The lowest BCUT2D eigenvalue weighted by Crippen LogP contribution is -2.33. The molecule has 0 bridgehead atoms. The molecule has 6 nitrogen and oxygen atoms in total. The zero-order valence-electron chi connectivity index (χ0n) is 11.7. The van der Waals surface area contributed by atoms with Gasteiger partial charge in [0.15, 0.2) is 0 Å². The standard InChI is InChI=1S/C14H18N2O4/c1-9(14(19)20)8-16(3)13(18)11-5-4-6-12(7-11)15-10(2)17/h4-7,9H,8H2,1-3H3,(H,15,17)(H,19,20). The van der Waals surface area contributed by atoms with E-state index in [0.717, 1.165) is 0 Å². The quantitative estimate of drug-likeness (QED) is 0.853. The summed E-state index contributed by atoms with van der Waals surface area (Å²) in [4.78, 5) is 35.3. The predicted octanol–water partition coefficient (Wildman–Crippen LogP) is 1.44. The van der Waals surface area contributed by atoms with Gasteiger partial charge < -0.3 is 15.3 Å². The first-order chi connectivity index (χ1) is 9.31. The van der Waals surface area contributed by atoms with Crippen molar-refractivity contribution in [3.05, 3.63) is 29.8 Å². The van der Waals surface area contributed by atoms with Crippen LogP contribution in [0.2, 0.25) is 0 Å². The Morgan fingerprint density at radius 2 is 2.00 bits per heavy atom. The fourth-order valence-electron chi connectivity index (χ4n) is 1.73. The molecule has 0 heterocycles. The number of carbonyl (C=O) groups is 3. The van der Waals surface area contributed by atoms with E-state index in [1.807, 2.05) is 0 Å². The van der Waals surface area contributed by atoms with Crippen LogP contribution in [0.25, 0.3) is 0 Å². The summed E-state index contributed by atoms with van der Waals surface area (Å²) < 4.78 is 0. The van der Waals surface area contributed by atoms with E-state index in [1.54, 1.807) is 38.2 Å². The fourth-order valence-corrected chi connectivity index (χ4v) is 1.73. The summed E-state index contributed by atoms with van der Waals surface area (Å²) in [6.45, 7) is 3.05. The lowest BCUT2D eigenvalue weighted by Gasteiger charge is -2.19. The first-order valence-corrected chi connectivity index (χ1v) is 6.17. The van der Waals surface area contributed by atoms with E-state index >= 15 is 0 Å². The minimum absolute atomic E-state index is 0.124. The van der Waals surface area contributed by atoms with Crippen LogP contribution < -0.4 is 5.32 Å². The summed E-state index contributed by atoms with van der Waals surface area (Å²) in [5.41, 5.74) is 0.930. The maximum Gasteiger partial charge on any atom is 0.308 e. The second-order valence-corrected chi connectivity index (χ2v) is 4.69. The number of rotatable bonds is 5. The van der Waals surface area contributed by atoms with Gasteiger partial charge in [-0.25, -0.2) is 0 Å². The summed E-state index contributed by atoms with van der Waals surface area (Å²) in [6, 6.07) is 6.52. The second-order valence-electron chi connectivity index (χ2n) is 4.69. The molecule has 1 rings (SSSR count). The first-order valence-electron chi connectivity index (χ1n) is 6.17. The lowest BCUT2D eigenvalue weighted by atomic mass is 10.1. The van der Waals surface area contributed by atoms with E-state index in [-0.39, 0.29) is 18.4 Å². The molecule has 2 N–H and O–H groups in total. The molecule has 0 radical (unpaired) electrons. The predicted molar refractivity (Wildman–Crippen MR) is 74.5 cm³/mol. The number of nitrogens with one attached hydrogen (secondary N) is 1. The molecule has 0 aliphatic heterocycles. The van der Waals surface area contributed by atoms with Gasteiger partial charge in [-0.15, -0.1) is 0 Å². The van der Waals surface area contributed by atoms with Crippen molar-refractivity contribution in [3.63, 3.8) is 0 Å². The molecule has 6 heteroatoms. The van der Waals surface area contributed by atoms with Gasteiger partial charge in [-0.05, 0) is 18.2 Å².